The minimum atomic E-state index is -0.485. The van der Waals surface area contributed by atoms with Crippen LogP contribution in [0.1, 0.15) is 20.7 Å². The molecule has 0 spiro atoms. The smallest absolute Gasteiger partial charge is 0.269 e. The third-order valence-electron chi connectivity index (χ3n) is 3.80. The van der Waals surface area contributed by atoms with Gasteiger partial charge in [-0.05, 0) is 36.4 Å². The van der Waals surface area contributed by atoms with Crippen LogP contribution in [-0.4, -0.2) is 33.6 Å². The fourth-order valence-corrected chi connectivity index (χ4v) is 2.36. The minimum absolute atomic E-state index is 0.0240. The van der Waals surface area contributed by atoms with Crippen LogP contribution in [0, 0.1) is 10.1 Å². The number of benzene rings is 2. The van der Waals surface area contributed by atoms with Crippen LogP contribution < -0.4 is 10.6 Å². The summed E-state index contributed by atoms with van der Waals surface area (Å²) >= 11 is 0. The molecule has 2 aromatic carbocycles. The van der Waals surface area contributed by atoms with Gasteiger partial charge in [0.2, 0.25) is 0 Å². The van der Waals surface area contributed by atoms with Crippen LogP contribution in [0.3, 0.4) is 0 Å². The Kier molecular flexibility index (Phi) is 4.93. The number of anilines is 1. The lowest BCUT2D eigenvalue weighted by atomic mass is 10.2. The maximum Gasteiger partial charge on any atom is 0.269 e. The first-order valence-corrected chi connectivity index (χ1v) is 7.91. The van der Waals surface area contributed by atoms with Crippen molar-refractivity contribution in [2.45, 2.75) is 0 Å². The highest BCUT2D eigenvalue weighted by Crippen LogP contribution is 2.16. The Labute approximate surface area is 153 Å². The van der Waals surface area contributed by atoms with Gasteiger partial charge in [-0.3, -0.25) is 19.7 Å². The molecule has 0 atom stereocenters. The van der Waals surface area contributed by atoms with E-state index in [-0.39, 0.29) is 17.5 Å². The van der Waals surface area contributed by atoms with Crippen molar-refractivity contribution in [1.82, 2.24) is 15.1 Å². The second-order valence-corrected chi connectivity index (χ2v) is 5.56. The van der Waals surface area contributed by atoms with E-state index in [1.165, 1.54) is 29.2 Å². The topological polar surface area (TPSA) is 119 Å². The second-order valence-electron chi connectivity index (χ2n) is 5.56. The van der Waals surface area contributed by atoms with E-state index in [4.69, 9.17) is 0 Å². The molecule has 2 amide bonds. The lowest BCUT2D eigenvalue weighted by Crippen LogP contribution is -2.17. The predicted octanol–water partition coefficient (Wildman–Crippen LogP) is 2.39. The summed E-state index contributed by atoms with van der Waals surface area (Å²) in [5.41, 5.74) is 1.92. The van der Waals surface area contributed by atoms with Crippen molar-refractivity contribution in [3.05, 3.63) is 82.2 Å². The summed E-state index contributed by atoms with van der Waals surface area (Å²) in [6.07, 6.45) is 2.92. The quantitative estimate of drug-likeness (QED) is 0.531. The van der Waals surface area contributed by atoms with Gasteiger partial charge in [0.1, 0.15) is 0 Å². The Morgan fingerprint density at radius 3 is 2.26 bits per heavy atom. The van der Waals surface area contributed by atoms with Crippen molar-refractivity contribution < 1.29 is 14.5 Å². The van der Waals surface area contributed by atoms with Gasteiger partial charge in [-0.25, -0.2) is 4.68 Å². The van der Waals surface area contributed by atoms with Crippen LogP contribution in [-0.2, 0) is 0 Å². The molecule has 9 heteroatoms. The van der Waals surface area contributed by atoms with E-state index in [1.807, 2.05) is 0 Å². The molecule has 0 fully saturated rings. The van der Waals surface area contributed by atoms with Crippen molar-refractivity contribution >= 4 is 23.2 Å². The molecule has 3 rings (SSSR count). The van der Waals surface area contributed by atoms with Crippen molar-refractivity contribution in [2.75, 3.05) is 12.4 Å². The van der Waals surface area contributed by atoms with Gasteiger partial charge in [-0.1, -0.05) is 0 Å². The van der Waals surface area contributed by atoms with E-state index in [1.54, 1.807) is 43.4 Å². The molecule has 0 saturated carbocycles. The Balaban J connectivity index is 1.71. The minimum Gasteiger partial charge on any atom is -0.355 e. The van der Waals surface area contributed by atoms with E-state index in [0.717, 1.165) is 0 Å². The summed E-state index contributed by atoms with van der Waals surface area (Å²) in [5.74, 6) is -0.576. The summed E-state index contributed by atoms with van der Waals surface area (Å²) in [6, 6.07) is 12.3. The Morgan fingerprint density at radius 1 is 1.00 bits per heavy atom. The molecule has 9 nitrogen and oxygen atoms in total. The van der Waals surface area contributed by atoms with Gasteiger partial charge in [0.15, 0.2) is 0 Å². The van der Waals surface area contributed by atoms with E-state index in [0.29, 0.717) is 22.5 Å². The molecule has 2 N–H and O–H groups in total. The predicted molar refractivity (Wildman–Crippen MR) is 98.0 cm³/mol. The van der Waals surface area contributed by atoms with Crippen molar-refractivity contribution in [3.63, 3.8) is 0 Å². The average molecular weight is 365 g/mol. The lowest BCUT2D eigenvalue weighted by Gasteiger charge is -2.05. The number of nitro groups is 1. The maximum atomic E-state index is 12.3. The molecule has 0 aliphatic heterocycles. The van der Waals surface area contributed by atoms with Gasteiger partial charge in [0.05, 0.1) is 22.4 Å². The van der Waals surface area contributed by atoms with Crippen LogP contribution in [0.4, 0.5) is 11.4 Å². The molecule has 0 radical (unpaired) electrons. The zero-order chi connectivity index (χ0) is 19.4. The van der Waals surface area contributed by atoms with Gasteiger partial charge in [-0.15, -0.1) is 0 Å². The normalized spacial score (nSPS) is 10.3. The summed E-state index contributed by atoms with van der Waals surface area (Å²) in [4.78, 5) is 34.1. The van der Waals surface area contributed by atoms with E-state index >= 15 is 0 Å². The number of hydrogen-bond acceptors (Lipinski definition) is 5. The highest BCUT2D eigenvalue weighted by Gasteiger charge is 2.11. The molecule has 1 aromatic heterocycles. The van der Waals surface area contributed by atoms with Crippen LogP contribution in [0.25, 0.3) is 5.69 Å². The lowest BCUT2D eigenvalue weighted by molar-refractivity contribution is -0.384. The summed E-state index contributed by atoms with van der Waals surface area (Å²) in [6.45, 7) is 0. The van der Waals surface area contributed by atoms with Gasteiger partial charge >= 0.3 is 0 Å². The maximum absolute atomic E-state index is 12.3. The Hall–Kier alpha value is -4.01. The van der Waals surface area contributed by atoms with E-state index in [9.17, 15) is 19.7 Å². The molecule has 0 unspecified atom stereocenters. The molecule has 3 aromatic rings. The van der Waals surface area contributed by atoms with Gasteiger partial charge in [0.25, 0.3) is 17.5 Å². The Morgan fingerprint density at radius 2 is 1.67 bits per heavy atom. The van der Waals surface area contributed by atoms with Crippen LogP contribution >= 0.6 is 0 Å². The van der Waals surface area contributed by atoms with E-state index < -0.39 is 4.92 Å². The molecule has 0 bridgehead atoms. The molecular weight excluding hydrogens is 350 g/mol. The standard InChI is InChI=1S/C18H15N5O4/c1-19-17(24)12-2-4-14(5-3-12)21-18(25)13-10-20-22(11-13)15-6-8-16(9-7-15)23(26)27/h2-11H,1H3,(H,19,24)(H,21,25). The monoisotopic (exact) mass is 365 g/mol. The zero-order valence-electron chi connectivity index (χ0n) is 14.2. The number of nitrogens with one attached hydrogen (secondary N) is 2. The fraction of sp³-hybridized carbons (Fsp3) is 0.0556. The summed E-state index contributed by atoms with van der Waals surface area (Å²) in [7, 11) is 1.54. The third-order valence-corrected chi connectivity index (χ3v) is 3.80. The van der Waals surface area contributed by atoms with Crippen molar-refractivity contribution in [1.29, 1.82) is 0 Å². The number of nitro benzene ring substituents is 1. The highest BCUT2D eigenvalue weighted by molar-refractivity contribution is 6.04. The number of non-ortho nitro benzene ring substituents is 1. The molecular formula is C18H15N5O4. The number of hydrogen-bond donors (Lipinski definition) is 2. The highest BCUT2D eigenvalue weighted by atomic mass is 16.6. The summed E-state index contributed by atoms with van der Waals surface area (Å²) < 4.78 is 1.45. The molecule has 1 heterocycles. The Bertz CT molecular complexity index is 993. The molecule has 27 heavy (non-hydrogen) atoms. The SMILES string of the molecule is CNC(=O)c1ccc(NC(=O)c2cnn(-c3ccc([N+](=O)[O-])cc3)c2)cc1. The molecule has 0 aliphatic carbocycles. The van der Waals surface area contributed by atoms with Crippen LogP contribution in [0.15, 0.2) is 60.9 Å². The van der Waals surface area contributed by atoms with Crippen molar-refractivity contribution in [2.24, 2.45) is 0 Å². The number of rotatable bonds is 5. The van der Waals surface area contributed by atoms with Crippen LogP contribution in [0.2, 0.25) is 0 Å². The number of nitrogens with zero attached hydrogens (tertiary/aromatic N) is 3. The van der Waals surface area contributed by atoms with E-state index in [2.05, 4.69) is 15.7 Å². The van der Waals surface area contributed by atoms with Crippen LogP contribution in [0.5, 0.6) is 0 Å². The number of carbonyl (C=O) groups is 2. The van der Waals surface area contributed by atoms with Gasteiger partial charge < -0.3 is 10.6 Å². The zero-order valence-corrected chi connectivity index (χ0v) is 14.2. The number of carbonyl (C=O) groups excluding carboxylic acids is 2. The fourth-order valence-electron chi connectivity index (χ4n) is 2.36. The first-order valence-electron chi connectivity index (χ1n) is 7.91. The largest absolute Gasteiger partial charge is 0.355 e. The molecule has 136 valence electrons. The number of aromatic nitrogens is 2. The second kappa shape index (κ2) is 7.48. The molecule has 0 aliphatic rings. The molecule has 0 saturated heterocycles. The van der Waals surface area contributed by atoms with Crippen molar-refractivity contribution in [3.8, 4) is 5.69 Å². The summed E-state index contributed by atoms with van der Waals surface area (Å²) in [5, 5.41) is 20.0. The number of amides is 2. The van der Waals surface area contributed by atoms with Gasteiger partial charge in [-0.2, -0.15) is 5.10 Å². The average Bonchev–Trinajstić information content (AvgIpc) is 3.18. The van der Waals surface area contributed by atoms with Gasteiger partial charge in [0, 0.05) is 36.6 Å². The first kappa shape index (κ1) is 17.8. The third kappa shape index (κ3) is 3.98. The first-order chi connectivity index (χ1) is 13.0.